The van der Waals surface area contributed by atoms with Crippen LogP contribution in [0.2, 0.25) is 0 Å². The predicted octanol–water partition coefficient (Wildman–Crippen LogP) is 1.51. The number of hydrogen-bond donors (Lipinski definition) is 1. The molecule has 3 heterocycles. The Kier molecular flexibility index (Phi) is 5.42. The maximum Gasteiger partial charge on any atom is 0.260 e. The van der Waals surface area contributed by atoms with Crippen molar-refractivity contribution in [3.8, 4) is 23.0 Å². The molecule has 1 aliphatic rings. The number of aryl methyl sites for hydroxylation is 1. The molecule has 0 spiro atoms. The quantitative estimate of drug-likeness (QED) is 0.682. The number of carbonyl (C=O) groups is 1. The molecule has 2 aromatic heterocycles. The molecular formula is C21H21N5O4. The first kappa shape index (κ1) is 19.6. The summed E-state index contributed by atoms with van der Waals surface area (Å²) in [6.07, 6.45) is 3.61. The molecule has 1 amide bonds. The largest absolute Gasteiger partial charge is 0.497 e. The molecule has 0 saturated carbocycles. The summed E-state index contributed by atoms with van der Waals surface area (Å²) in [7, 11) is 1.59. The summed E-state index contributed by atoms with van der Waals surface area (Å²) in [6, 6.07) is 7.02. The van der Waals surface area contributed by atoms with E-state index in [0.29, 0.717) is 47.2 Å². The van der Waals surface area contributed by atoms with Crippen molar-refractivity contribution < 1.29 is 14.3 Å². The van der Waals surface area contributed by atoms with Gasteiger partial charge in [0.1, 0.15) is 17.2 Å². The molecular weight excluding hydrogens is 386 g/mol. The first-order valence-corrected chi connectivity index (χ1v) is 9.49. The standard InChI is InChI=1S/C21H21N5O4/c1-13-9-23-17(10-22-13)20-24-18-11-26(8-7-16(18)21(28)25-20)19(27)12-30-15-5-3-14(29-2)4-6-15/h3-6,9-10H,7-8,11-12H2,1-2H3,(H,24,25,28). The van der Waals surface area contributed by atoms with Crippen LogP contribution in [0, 0.1) is 6.92 Å². The third-order valence-corrected chi connectivity index (χ3v) is 4.87. The zero-order valence-corrected chi connectivity index (χ0v) is 16.7. The normalized spacial score (nSPS) is 12.9. The lowest BCUT2D eigenvalue weighted by Gasteiger charge is -2.27. The minimum absolute atomic E-state index is 0.0961. The van der Waals surface area contributed by atoms with E-state index >= 15 is 0 Å². The number of nitrogens with one attached hydrogen (secondary N) is 1. The molecule has 4 rings (SSSR count). The second-order valence-corrected chi connectivity index (χ2v) is 6.91. The van der Waals surface area contributed by atoms with Crippen LogP contribution in [0.25, 0.3) is 11.5 Å². The van der Waals surface area contributed by atoms with E-state index in [4.69, 9.17) is 9.47 Å². The first-order chi connectivity index (χ1) is 14.5. The van der Waals surface area contributed by atoms with E-state index in [-0.39, 0.29) is 24.6 Å². The van der Waals surface area contributed by atoms with Gasteiger partial charge in [-0.25, -0.2) is 9.97 Å². The molecule has 0 atom stereocenters. The van der Waals surface area contributed by atoms with E-state index in [0.717, 1.165) is 5.69 Å². The van der Waals surface area contributed by atoms with E-state index in [1.165, 1.54) is 0 Å². The van der Waals surface area contributed by atoms with Crippen LogP contribution in [0.4, 0.5) is 0 Å². The maximum absolute atomic E-state index is 12.6. The monoisotopic (exact) mass is 407 g/mol. The molecule has 0 unspecified atom stereocenters. The van der Waals surface area contributed by atoms with Gasteiger partial charge >= 0.3 is 0 Å². The van der Waals surface area contributed by atoms with Gasteiger partial charge in [0.2, 0.25) is 0 Å². The fourth-order valence-electron chi connectivity index (χ4n) is 3.20. The number of carbonyl (C=O) groups excluding carboxylic acids is 1. The second-order valence-electron chi connectivity index (χ2n) is 6.91. The Morgan fingerprint density at radius 2 is 1.93 bits per heavy atom. The van der Waals surface area contributed by atoms with Gasteiger partial charge in [-0.1, -0.05) is 0 Å². The zero-order valence-electron chi connectivity index (χ0n) is 16.7. The Labute approximate surface area is 172 Å². The number of aromatic amines is 1. The van der Waals surface area contributed by atoms with Gasteiger partial charge in [-0.2, -0.15) is 0 Å². The third kappa shape index (κ3) is 4.14. The highest BCUT2D eigenvalue weighted by molar-refractivity contribution is 5.78. The lowest BCUT2D eigenvalue weighted by atomic mass is 10.1. The zero-order chi connectivity index (χ0) is 21.1. The van der Waals surface area contributed by atoms with Crippen molar-refractivity contribution in [3.63, 3.8) is 0 Å². The number of amides is 1. The number of ether oxygens (including phenoxy) is 2. The SMILES string of the molecule is COc1ccc(OCC(=O)N2CCc3c(nc(-c4cnc(C)cn4)[nH]c3=O)C2)cc1. The number of rotatable bonds is 5. The summed E-state index contributed by atoms with van der Waals surface area (Å²) in [5, 5.41) is 0. The smallest absolute Gasteiger partial charge is 0.260 e. The molecule has 0 saturated heterocycles. The van der Waals surface area contributed by atoms with Crippen LogP contribution < -0.4 is 15.0 Å². The number of hydrogen-bond acceptors (Lipinski definition) is 7. The number of fused-ring (bicyclic) bond motifs is 1. The highest BCUT2D eigenvalue weighted by Gasteiger charge is 2.25. The van der Waals surface area contributed by atoms with E-state index in [1.54, 1.807) is 48.7 Å². The molecule has 1 aliphatic heterocycles. The summed E-state index contributed by atoms with van der Waals surface area (Å²) in [5.74, 6) is 1.47. The summed E-state index contributed by atoms with van der Waals surface area (Å²) >= 11 is 0. The molecule has 0 aliphatic carbocycles. The van der Waals surface area contributed by atoms with Crippen molar-refractivity contribution >= 4 is 5.91 Å². The van der Waals surface area contributed by atoms with E-state index < -0.39 is 0 Å². The van der Waals surface area contributed by atoms with Gasteiger partial charge in [-0.15, -0.1) is 0 Å². The van der Waals surface area contributed by atoms with Crippen LogP contribution in [-0.2, 0) is 17.8 Å². The van der Waals surface area contributed by atoms with Gasteiger partial charge in [0.25, 0.3) is 11.5 Å². The Balaban J connectivity index is 1.47. The predicted molar refractivity (Wildman–Crippen MR) is 108 cm³/mol. The van der Waals surface area contributed by atoms with Gasteiger partial charge in [0.15, 0.2) is 12.4 Å². The first-order valence-electron chi connectivity index (χ1n) is 9.49. The Bertz CT molecular complexity index is 1110. The lowest BCUT2D eigenvalue weighted by Crippen LogP contribution is -2.41. The molecule has 3 aromatic rings. The number of H-pyrrole nitrogens is 1. The summed E-state index contributed by atoms with van der Waals surface area (Å²) < 4.78 is 10.7. The fourth-order valence-corrected chi connectivity index (χ4v) is 3.20. The van der Waals surface area contributed by atoms with Crippen molar-refractivity contribution in [1.82, 2.24) is 24.8 Å². The Morgan fingerprint density at radius 1 is 1.17 bits per heavy atom. The summed E-state index contributed by atoms with van der Waals surface area (Å²) in [5.41, 5.74) is 2.21. The molecule has 9 heteroatoms. The number of benzene rings is 1. The van der Waals surface area contributed by atoms with Gasteiger partial charge in [0, 0.05) is 18.3 Å². The van der Waals surface area contributed by atoms with Crippen molar-refractivity contribution in [2.45, 2.75) is 19.9 Å². The van der Waals surface area contributed by atoms with Crippen molar-refractivity contribution in [1.29, 1.82) is 0 Å². The van der Waals surface area contributed by atoms with Crippen molar-refractivity contribution in [3.05, 3.63) is 64.0 Å². The molecule has 154 valence electrons. The van der Waals surface area contributed by atoms with E-state index in [9.17, 15) is 9.59 Å². The Morgan fingerprint density at radius 3 is 2.63 bits per heavy atom. The van der Waals surface area contributed by atoms with Crippen LogP contribution >= 0.6 is 0 Å². The Hall–Kier alpha value is -3.75. The molecule has 1 N–H and O–H groups in total. The average Bonchev–Trinajstić information content (AvgIpc) is 2.78. The van der Waals surface area contributed by atoms with Crippen molar-refractivity contribution in [2.75, 3.05) is 20.3 Å². The summed E-state index contributed by atoms with van der Waals surface area (Å²) in [4.78, 5) is 42.5. The van der Waals surface area contributed by atoms with Crippen LogP contribution in [0.1, 0.15) is 17.0 Å². The van der Waals surface area contributed by atoms with Gasteiger partial charge in [-0.05, 0) is 37.6 Å². The molecule has 0 fully saturated rings. The summed E-state index contributed by atoms with van der Waals surface area (Å²) in [6.45, 7) is 2.42. The number of nitrogens with zero attached hydrogens (tertiary/aromatic N) is 4. The molecule has 9 nitrogen and oxygen atoms in total. The van der Waals surface area contributed by atoms with Crippen LogP contribution in [0.3, 0.4) is 0 Å². The minimum atomic E-state index is -0.209. The van der Waals surface area contributed by atoms with Crippen LogP contribution in [0.15, 0.2) is 41.5 Å². The van der Waals surface area contributed by atoms with Gasteiger partial charge in [0.05, 0.1) is 31.2 Å². The number of methoxy groups -OCH3 is 1. The van der Waals surface area contributed by atoms with E-state index in [2.05, 4.69) is 19.9 Å². The molecule has 0 bridgehead atoms. The highest BCUT2D eigenvalue weighted by Crippen LogP contribution is 2.19. The highest BCUT2D eigenvalue weighted by atomic mass is 16.5. The molecule has 0 radical (unpaired) electrons. The topological polar surface area (TPSA) is 110 Å². The maximum atomic E-state index is 12.6. The number of aromatic nitrogens is 4. The van der Waals surface area contributed by atoms with Crippen LogP contribution in [-0.4, -0.2) is 51.0 Å². The van der Waals surface area contributed by atoms with Crippen LogP contribution in [0.5, 0.6) is 11.5 Å². The average molecular weight is 407 g/mol. The van der Waals surface area contributed by atoms with Gasteiger partial charge < -0.3 is 19.4 Å². The third-order valence-electron chi connectivity index (χ3n) is 4.87. The minimum Gasteiger partial charge on any atom is -0.497 e. The lowest BCUT2D eigenvalue weighted by molar-refractivity contribution is -0.134. The second kappa shape index (κ2) is 8.32. The van der Waals surface area contributed by atoms with E-state index in [1.807, 2.05) is 6.92 Å². The van der Waals surface area contributed by atoms with Gasteiger partial charge in [-0.3, -0.25) is 14.6 Å². The fraction of sp³-hybridized carbons (Fsp3) is 0.286. The molecule has 1 aromatic carbocycles. The molecule has 30 heavy (non-hydrogen) atoms. The van der Waals surface area contributed by atoms with Crippen molar-refractivity contribution in [2.24, 2.45) is 0 Å².